The molecule has 1 aromatic heterocycles. The van der Waals surface area contributed by atoms with Gasteiger partial charge in [-0.3, -0.25) is 0 Å². The number of benzene rings is 1. The Morgan fingerprint density at radius 1 is 1.28 bits per heavy atom. The van der Waals surface area contributed by atoms with Gasteiger partial charge >= 0.3 is 0 Å². The molecule has 0 fully saturated rings. The van der Waals surface area contributed by atoms with E-state index in [0.717, 1.165) is 22.0 Å². The van der Waals surface area contributed by atoms with E-state index in [2.05, 4.69) is 11.9 Å². The third-order valence-corrected chi connectivity index (χ3v) is 3.64. The molecule has 2 rings (SSSR count). The predicted octanol–water partition coefficient (Wildman–Crippen LogP) is 3.05. The minimum Gasteiger partial charge on any atom is -0.494 e. The van der Waals surface area contributed by atoms with Gasteiger partial charge in [0.25, 0.3) is 0 Å². The van der Waals surface area contributed by atoms with Crippen molar-refractivity contribution >= 4 is 11.3 Å². The first-order valence-electron chi connectivity index (χ1n) is 6.05. The second-order valence-electron chi connectivity index (χ2n) is 3.94. The molecular formula is C14H17NO2S. The fraction of sp³-hybridized carbons (Fsp3) is 0.357. The van der Waals surface area contributed by atoms with Crippen LogP contribution in [0.1, 0.15) is 16.8 Å². The third kappa shape index (κ3) is 2.89. The Kier molecular flexibility index (Phi) is 4.33. The van der Waals surface area contributed by atoms with Crippen LogP contribution >= 0.6 is 11.3 Å². The van der Waals surface area contributed by atoms with Gasteiger partial charge in [-0.15, -0.1) is 11.3 Å². The summed E-state index contributed by atoms with van der Waals surface area (Å²) in [6, 6.07) is 7.97. The highest BCUT2D eigenvalue weighted by atomic mass is 32.1. The lowest BCUT2D eigenvalue weighted by Crippen LogP contribution is -1.91. The molecule has 0 aliphatic rings. The third-order valence-electron chi connectivity index (χ3n) is 2.61. The van der Waals surface area contributed by atoms with Crippen LogP contribution in [0, 0.1) is 6.92 Å². The SMILES string of the molecule is CCOc1ccc(-c2nc(CCO)sc2C)cc1. The molecule has 1 heterocycles. The molecule has 3 nitrogen and oxygen atoms in total. The van der Waals surface area contributed by atoms with Gasteiger partial charge in [-0.25, -0.2) is 4.98 Å². The molecule has 4 heteroatoms. The van der Waals surface area contributed by atoms with E-state index >= 15 is 0 Å². The minimum absolute atomic E-state index is 0.148. The van der Waals surface area contributed by atoms with E-state index in [9.17, 15) is 0 Å². The number of rotatable bonds is 5. The van der Waals surface area contributed by atoms with Crippen LogP contribution in [0.25, 0.3) is 11.3 Å². The van der Waals surface area contributed by atoms with Crippen LogP contribution in [0.4, 0.5) is 0 Å². The van der Waals surface area contributed by atoms with Gasteiger partial charge in [-0.05, 0) is 38.1 Å². The fourth-order valence-corrected chi connectivity index (χ4v) is 2.74. The van der Waals surface area contributed by atoms with Gasteiger partial charge in [0.15, 0.2) is 0 Å². The number of hydrogen-bond donors (Lipinski definition) is 1. The predicted molar refractivity (Wildman–Crippen MR) is 74.2 cm³/mol. The van der Waals surface area contributed by atoms with E-state index in [4.69, 9.17) is 9.84 Å². The summed E-state index contributed by atoms with van der Waals surface area (Å²) in [4.78, 5) is 5.75. The van der Waals surface area contributed by atoms with E-state index in [-0.39, 0.29) is 6.61 Å². The number of hydrogen-bond acceptors (Lipinski definition) is 4. The van der Waals surface area contributed by atoms with Crippen molar-refractivity contribution in [2.45, 2.75) is 20.3 Å². The summed E-state index contributed by atoms with van der Waals surface area (Å²) in [5, 5.41) is 9.92. The van der Waals surface area contributed by atoms with Crippen molar-refractivity contribution < 1.29 is 9.84 Å². The Labute approximate surface area is 111 Å². The Morgan fingerprint density at radius 3 is 2.61 bits per heavy atom. The zero-order valence-corrected chi connectivity index (χ0v) is 11.5. The van der Waals surface area contributed by atoms with Crippen molar-refractivity contribution in [3.05, 3.63) is 34.2 Å². The highest BCUT2D eigenvalue weighted by molar-refractivity contribution is 7.12. The Morgan fingerprint density at radius 2 is 2.00 bits per heavy atom. The summed E-state index contributed by atoms with van der Waals surface area (Å²) in [5.41, 5.74) is 2.10. The fourth-order valence-electron chi connectivity index (χ4n) is 1.80. The lowest BCUT2D eigenvalue weighted by molar-refractivity contribution is 0.299. The van der Waals surface area contributed by atoms with Crippen LogP contribution < -0.4 is 4.74 Å². The molecule has 1 aromatic carbocycles. The first kappa shape index (κ1) is 13.1. The molecule has 0 aliphatic heterocycles. The zero-order chi connectivity index (χ0) is 13.0. The normalized spacial score (nSPS) is 10.6. The quantitative estimate of drug-likeness (QED) is 0.901. The van der Waals surface area contributed by atoms with Gasteiger partial charge in [0, 0.05) is 23.5 Å². The molecule has 0 unspecified atom stereocenters. The summed E-state index contributed by atoms with van der Waals surface area (Å²) < 4.78 is 5.42. The van der Waals surface area contributed by atoms with Gasteiger partial charge in [0.2, 0.25) is 0 Å². The number of ether oxygens (including phenoxy) is 1. The largest absolute Gasteiger partial charge is 0.494 e. The van der Waals surface area contributed by atoms with Crippen molar-refractivity contribution in [1.29, 1.82) is 0 Å². The van der Waals surface area contributed by atoms with Crippen LogP contribution in [0.15, 0.2) is 24.3 Å². The summed E-state index contributed by atoms with van der Waals surface area (Å²) in [6.07, 6.45) is 0.628. The average Bonchev–Trinajstić information content (AvgIpc) is 2.72. The second-order valence-corrected chi connectivity index (χ2v) is 5.23. The maximum absolute atomic E-state index is 8.94. The molecule has 1 N–H and O–H groups in total. The zero-order valence-electron chi connectivity index (χ0n) is 10.6. The summed E-state index contributed by atoms with van der Waals surface area (Å²) in [5.74, 6) is 0.879. The van der Waals surface area contributed by atoms with Gasteiger partial charge in [0.05, 0.1) is 17.3 Å². The van der Waals surface area contributed by atoms with Crippen LogP contribution in [0.5, 0.6) is 5.75 Å². The van der Waals surface area contributed by atoms with Crippen molar-refractivity contribution in [1.82, 2.24) is 4.98 Å². The van der Waals surface area contributed by atoms with E-state index in [1.165, 1.54) is 4.88 Å². The van der Waals surface area contributed by atoms with Crippen LogP contribution in [0.2, 0.25) is 0 Å². The van der Waals surface area contributed by atoms with Gasteiger partial charge in [-0.2, -0.15) is 0 Å². The number of aliphatic hydroxyl groups excluding tert-OH is 1. The minimum atomic E-state index is 0.148. The topological polar surface area (TPSA) is 42.4 Å². The van der Waals surface area contributed by atoms with Crippen LogP contribution in [-0.4, -0.2) is 23.3 Å². The van der Waals surface area contributed by atoms with Gasteiger partial charge < -0.3 is 9.84 Å². The lowest BCUT2D eigenvalue weighted by Gasteiger charge is -2.03. The molecule has 0 spiro atoms. The van der Waals surface area contributed by atoms with E-state index in [1.807, 2.05) is 31.2 Å². The van der Waals surface area contributed by atoms with Gasteiger partial charge in [-0.1, -0.05) is 0 Å². The maximum Gasteiger partial charge on any atom is 0.119 e. The molecule has 0 atom stereocenters. The molecule has 0 saturated carbocycles. The highest BCUT2D eigenvalue weighted by Gasteiger charge is 2.09. The Hall–Kier alpha value is -1.39. The molecular weight excluding hydrogens is 246 g/mol. The van der Waals surface area contributed by atoms with Crippen LogP contribution in [0.3, 0.4) is 0 Å². The number of aryl methyl sites for hydroxylation is 1. The average molecular weight is 263 g/mol. The van der Waals surface area contributed by atoms with Gasteiger partial charge in [0.1, 0.15) is 5.75 Å². The second kappa shape index (κ2) is 5.98. The first-order chi connectivity index (χ1) is 8.74. The smallest absolute Gasteiger partial charge is 0.119 e. The van der Waals surface area contributed by atoms with Crippen molar-refractivity contribution in [2.75, 3.05) is 13.2 Å². The molecule has 2 aromatic rings. The maximum atomic E-state index is 8.94. The molecule has 0 aliphatic carbocycles. The standard InChI is InChI=1S/C14H17NO2S/c1-3-17-12-6-4-11(5-7-12)14-10(2)18-13(15-14)8-9-16/h4-7,16H,3,8-9H2,1-2H3. The first-order valence-corrected chi connectivity index (χ1v) is 6.86. The van der Waals surface area contributed by atoms with Crippen molar-refractivity contribution in [3.63, 3.8) is 0 Å². The molecule has 96 valence electrons. The molecule has 0 radical (unpaired) electrons. The van der Waals surface area contributed by atoms with E-state index in [0.29, 0.717) is 13.0 Å². The summed E-state index contributed by atoms with van der Waals surface area (Å²) in [6.45, 7) is 4.86. The monoisotopic (exact) mass is 263 g/mol. The number of aromatic nitrogens is 1. The number of thiazole rings is 1. The molecule has 0 saturated heterocycles. The number of nitrogens with zero attached hydrogens (tertiary/aromatic N) is 1. The van der Waals surface area contributed by atoms with Crippen molar-refractivity contribution in [3.8, 4) is 17.0 Å². The van der Waals surface area contributed by atoms with Crippen LogP contribution in [-0.2, 0) is 6.42 Å². The molecule has 18 heavy (non-hydrogen) atoms. The lowest BCUT2D eigenvalue weighted by atomic mass is 10.1. The number of aliphatic hydroxyl groups is 1. The Balaban J connectivity index is 2.24. The van der Waals surface area contributed by atoms with E-state index < -0.39 is 0 Å². The van der Waals surface area contributed by atoms with Crippen molar-refractivity contribution in [2.24, 2.45) is 0 Å². The summed E-state index contributed by atoms with van der Waals surface area (Å²) >= 11 is 1.65. The van der Waals surface area contributed by atoms with E-state index in [1.54, 1.807) is 11.3 Å². The Bertz CT molecular complexity index is 505. The summed E-state index contributed by atoms with van der Waals surface area (Å²) in [7, 11) is 0. The molecule has 0 bridgehead atoms. The molecule has 0 amide bonds. The highest BCUT2D eigenvalue weighted by Crippen LogP contribution is 2.28.